The van der Waals surface area contributed by atoms with E-state index in [9.17, 15) is 9.59 Å². The van der Waals surface area contributed by atoms with Crippen LogP contribution in [-0.2, 0) is 19.1 Å². The Labute approximate surface area is 177 Å². The fraction of sp³-hybridized carbons (Fsp3) is 0.0870. The molecule has 0 saturated carbocycles. The Bertz CT molecular complexity index is 1130. The molecule has 4 rings (SSSR count). The number of ketones is 1. The minimum absolute atomic E-state index is 0.0152. The van der Waals surface area contributed by atoms with Gasteiger partial charge in [0.15, 0.2) is 11.3 Å². The van der Waals surface area contributed by atoms with Gasteiger partial charge in [-0.15, -0.1) is 11.3 Å². The summed E-state index contributed by atoms with van der Waals surface area (Å²) in [7, 11) is 0. The number of hydrogen-bond donors (Lipinski definition) is 1. The molecule has 7 heteroatoms. The van der Waals surface area contributed by atoms with E-state index < -0.39 is 11.8 Å². The van der Waals surface area contributed by atoms with Gasteiger partial charge in [0.1, 0.15) is 5.01 Å². The fourth-order valence-electron chi connectivity index (χ4n) is 2.86. The van der Waals surface area contributed by atoms with E-state index in [0.29, 0.717) is 11.4 Å². The highest BCUT2D eigenvalue weighted by atomic mass is 32.1. The number of benzene rings is 2. The Morgan fingerprint density at radius 2 is 1.83 bits per heavy atom. The van der Waals surface area contributed by atoms with Gasteiger partial charge in [-0.2, -0.15) is 0 Å². The summed E-state index contributed by atoms with van der Waals surface area (Å²) in [6, 6.07) is 18.9. The Hall–Kier alpha value is -3.71. The van der Waals surface area contributed by atoms with Crippen LogP contribution in [0.4, 0.5) is 5.69 Å². The number of esters is 1. The summed E-state index contributed by atoms with van der Waals surface area (Å²) in [5.41, 5.74) is 2.09. The molecule has 150 valence electrons. The van der Waals surface area contributed by atoms with E-state index in [4.69, 9.17) is 9.47 Å². The lowest BCUT2D eigenvalue weighted by Crippen LogP contribution is -2.16. The molecule has 0 saturated heterocycles. The predicted octanol–water partition coefficient (Wildman–Crippen LogP) is 4.64. The highest BCUT2D eigenvalue weighted by molar-refractivity contribution is 7.13. The zero-order valence-electron chi connectivity index (χ0n) is 16.1. The maximum Gasteiger partial charge on any atom is 0.347 e. The van der Waals surface area contributed by atoms with Crippen molar-refractivity contribution in [3.8, 4) is 10.6 Å². The maximum absolute atomic E-state index is 12.9. The summed E-state index contributed by atoms with van der Waals surface area (Å²) in [5, 5.41) is 5.64. The smallest absolute Gasteiger partial charge is 0.347 e. The first kappa shape index (κ1) is 19.6. The molecule has 2 aromatic carbocycles. The molecule has 1 aromatic heterocycles. The lowest BCUT2D eigenvalue weighted by Gasteiger charge is -2.08. The predicted molar refractivity (Wildman–Crippen MR) is 115 cm³/mol. The number of thiazole rings is 1. The van der Waals surface area contributed by atoms with Crippen LogP contribution in [0.5, 0.6) is 0 Å². The SMILES string of the molecule is CCOC(=O)C1=C(Nc2ccccc2)OC(=Cc2csc(-c3ccccc3)n2)C1=O. The fourth-order valence-corrected chi connectivity index (χ4v) is 3.64. The van der Waals surface area contributed by atoms with Crippen molar-refractivity contribution in [1.82, 2.24) is 4.98 Å². The number of anilines is 1. The molecule has 1 N–H and O–H groups in total. The monoisotopic (exact) mass is 418 g/mol. The summed E-state index contributed by atoms with van der Waals surface area (Å²) in [6.45, 7) is 1.83. The number of aromatic nitrogens is 1. The number of para-hydroxylation sites is 1. The number of nitrogens with zero attached hydrogens (tertiary/aromatic N) is 1. The van der Waals surface area contributed by atoms with Crippen LogP contribution in [0.2, 0.25) is 0 Å². The second kappa shape index (κ2) is 8.75. The summed E-state index contributed by atoms with van der Waals surface area (Å²) >= 11 is 1.46. The lowest BCUT2D eigenvalue weighted by atomic mass is 10.1. The third-order valence-electron chi connectivity index (χ3n) is 4.22. The van der Waals surface area contributed by atoms with Crippen LogP contribution in [0.3, 0.4) is 0 Å². The number of allylic oxidation sites excluding steroid dienone is 1. The van der Waals surface area contributed by atoms with E-state index in [1.807, 2.05) is 53.9 Å². The number of rotatable bonds is 6. The zero-order valence-corrected chi connectivity index (χ0v) is 16.9. The van der Waals surface area contributed by atoms with E-state index >= 15 is 0 Å². The van der Waals surface area contributed by atoms with Crippen LogP contribution in [0.25, 0.3) is 16.6 Å². The van der Waals surface area contributed by atoms with Gasteiger partial charge in [-0.25, -0.2) is 9.78 Å². The van der Waals surface area contributed by atoms with Gasteiger partial charge in [0.25, 0.3) is 0 Å². The van der Waals surface area contributed by atoms with E-state index in [0.717, 1.165) is 10.6 Å². The Morgan fingerprint density at radius 3 is 2.53 bits per heavy atom. The van der Waals surface area contributed by atoms with Crippen LogP contribution in [0, 0.1) is 0 Å². The molecule has 0 unspecified atom stereocenters. The third kappa shape index (κ3) is 4.16. The van der Waals surface area contributed by atoms with E-state index in [1.54, 1.807) is 19.1 Å². The van der Waals surface area contributed by atoms with E-state index in [1.165, 1.54) is 17.4 Å². The van der Waals surface area contributed by atoms with Crippen molar-refractivity contribution in [1.29, 1.82) is 0 Å². The zero-order chi connectivity index (χ0) is 20.9. The highest BCUT2D eigenvalue weighted by Gasteiger charge is 2.37. The number of carbonyl (C=O) groups excluding carboxylic acids is 2. The Balaban J connectivity index is 1.62. The molecule has 0 fully saturated rings. The van der Waals surface area contributed by atoms with Gasteiger partial charge >= 0.3 is 5.97 Å². The van der Waals surface area contributed by atoms with Crippen LogP contribution in [0.1, 0.15) is 12.6 Å². The van der Waals surface area contributed by atoms with Crippen molar-refractivity contribution in [2.45, 2.75) is 6.92 Å². The van der Waals surface area contributed by atoms with Crippen molar-refractivity contribution in [2.75, 3.05) is 11.9 Å². The first-order chi connectivity index (χ1) is 14.7. The molecule has 0 bridgehead atoms. The van der Waals surface area contributed by atoms with Gasteiger partial charge in [-0.05, 0) is 19.1 Å². The molecule has 2 heterocycles. The van der Waals surface area contributed by atoms with Gasteiger partial charge in [0.05, 0.1) is 12.3 Å². The normalized spacial score (nSPS) is 14.7. The summed E-state index contributed by atoms with van der Waals surface area (Å²) < 4.78 is 10.8. The number of hydrogen-bond acceptors (Lipinski definition) is 7. The number of carbonyl (C=O) groups is 2. The topological polar surface area (TPSA) is 77.5 Å². The van der Waals surface area contributed by atoms with Crippen LogP contribution in [-0.4, -0.2) is 23.3 Å². The van der Waals surface area contributed by atoms with Crippen LogP contribution >= 0.6 is 11.3 Å². The maximum atomic E-state index is 12.9. The van der Waals surface area contributed by atoms with Crippen LogP contribution < -0.4 is 5.32 Å². The van der Waals surface area contributed by atoms with Crippen molar-refractivity contribution in [3.05, 3.63) is 89.0 Å². The van der Waals surface area contributed by atoms with Gasteiger partial charge in [0, 0.05) is 22.7 Å². The van der Waals surface area contributed by atoms with Gasteiger partial charge in [0.2, 0.25) is 11.7 Å². The molecular formula is C23H18N2O4S. The summed E-state index contributed by atoms with van der Waals surface area (Å²) in [4.78, 5) is 29.8. The average molecular weight is 418 g/mol. The van der Waals surface area contributed by atoms with Gasteiger partial charge in [-0.3, -0.25) is 4.79 Å². The van der Waals surface area contributed by atoms with Crippen LogP contribution in [0.15, 0.2) is 83.3 Å². The van der Waals surface area contributed by atoms with Gasteiger partial charge < -0.3 is 14.8 Å². The standard InChI is InChI=1S/C23H18N2O4S/c1-2-28-23(27)19-20(26)18(29-21(19)24-16-11-7-4-8-12-16)13-17-14-30-22(25-17)15-9-5-3-6-10-15/h3-14,24H,2H2,1H3. The second-order valence-corrected chi connectivity index (χ2v) is 7.16. The number of ether oxygens (including phenoxy) is 2. The molecule has 3 aromatic rings. The van der Waals surface area contributed by atoms with Crippen molar-refractivity contribution in [2.24, 2.45) is 0 Å². The molecule has 1 aliphatic rings. The van der Waals surface area contributed by atoms with Crippen molar-refractivity contribution in [3.63, 3.8) is 0 Å². The Kier molecular flexibility index (Phi) is 5.72. The molecule has 30 heavy (non-hydrogen) atoms. The minimum atomic E-state index is -0.729. The van der Waals surface area contributed by atoms with Gasteiger partial charge in [-0.1, -0.05) is 48.5 Å². The first-order valence-electron chi connectivity index (χ1n) is 9.34. The average Bonchev–Trinajstić information content (AvgIpc) is 3.35. The summed E-state index contributed by atoms with van der Waals surface area (Å²) in [6.07, 6.45) is 1.53. The molecule has 0 radical (unpaired) electrons. The molecule has 0 aliphatic carbocycles. The minimum Gasteiger partial charge on any atom is -0.462 e. The first-order valence-corrected chi connectivity index (χ1v) is 10.2. The Morgan fingerprint density at radius 1 is 1.13 bits per heavy atom. The largest absolute Gasteiger partial charge is 0.462 e. The quantitative estimate of drug-likeness (QED) is 0.357. The van der Waals surface area contributed by atoms with E-state index in [2.05, 4.69) is 10.3 Å². The molecule has 6 nitrogen and oxygen atoms in total. The van der Waals surface area contributed by atoms with Crippen molar-refractivity contribution >= 4 is 34.9 Å². The molecule has 1 aliphatic heterocycles. The lowest BCUT2D eigenvalue weighted by molar-refractivity contribution is -0.139. The highest BCUT2D eigenvalue weighted by Crippen LogP contribution is 2.30. The van der Waals surface area contributed by atoms with E-state index in [-0.39, 0.29) is 23.8 Å². The van der Waals surface area contributed by atoms with Crippen molar-refractivity contribution < 1.29 is 19.1 Å². The summed E-state index contributed by atoms with van der Waals surface area (Å²) in [5.74, 6) is -1.20. The number of Topliss-reactive ketones (excluding diaryl/α,β-unsaturated/α-hetero) is 1. The number of nitrogens with one attached hydrogen (secondary N) is 1. The molecular weight excluding hydrogens is 400 g/mol. The molecule has 0 amide bonds. The second-order valence-electron chi connectivity index (χ2n) is 6.30. The molecule has 0 spiro atoms. The third-order valence-corrected chi connectivity index (χ3v) is 5.13. The molecule has 0 atom stereocenters.